The highest BCUT2D eigenvalue weighted by Crippen LogP contribution is 2.63. The van der Waals surface area contributed by atoms with Crippen molar-refractivity contribution in [3.05, 3.63) is 75.9 Å². The summed E-state index contributed by atoms with van der Waals surface area (Å²) in [6, 6.07) is 14.0. The summed E-state index contributed by atoms with van der Waals surface area (Å²) in [7, 11) is 1.00. The normalized spacial score (nSPS) is 38.3. The molecule has 2 aromatic rings. The molecule has 45 heavy (non-hydrogen) atoms. The van der Waals surface area contributed by atoms with Crippen molar-refractivity contribution in [2.45, 2.75) is 133 Å². The van der Waals surface area contributed by atoms with Gasteiger partial charge in [-0.1, -0.05) is 96.1 Å². The summed E-state index contributed by atoms with van der Waals surface area (Å²) in [5.74, 6) is 5.40. The summed E-state index contributed by atoms with van der Waals surface area (Å²) in [5.41, 5.74) is 11.6. The van der Waals surface area contributed by atoms with E-state index in [1.165, 1.54) is 80.0 Å². The van der Waals surface area contributed by atoms with Gasteiger partial charge in [-0.25, -0.2) is 0 Å². The van der Waals surface area contributed by atoms with Gasteiger partial charge in [0.1, 0.15) is 0 Å². The Morgan fingerprint density at radius 1 is 0.711 bits per heavy atom. The number of aliphatic hydroxyl groups excluding tert-OH is 2. The van der Waals surface area contributed by atoms with E-state index in [9.17, 15) is 5.11 Å². The second-order valence-electron chi connectivity index (χ2n) is 16.1. The van der Waals surface area contributed by atoms with E-state index in [4.69, 9.17) is 5.11 Å². The van der Waals surface area contributed by atoms with Crippen LogP contribution in [0.3, 0.4) is 0 Å². The molecule has 0 heterocycles. The fourth-order valence-corrected chi connectivity index (χ4v) is 11.4. The van der Waals surface area contributed by atoms with Gasteiger partial charge in [0.25, 0.3) is 0 Å². The van der Waals surface area contributed by atoms with Gasteiger partial charge in [-0.2, -0.15) is 0 Å². The Balaban J connectivity index is 0.000000187. The van der Waals surface area contributed by atoms with E-state index in [0.717, 1.165) is 43.1 Å². The van der Waals surface area contributed by atoms with Gasteiger partial charge in [0.05, 0.1) is 6.10 Å². The van der Waals surface area contributed by atoms with Crippen molar-refractivity contribution >= 4 is 5.57 Å². The molecule has 250 valence electrons. The van der Waals surface area contributed by atoms with Crippen LogP contribution in [0, 0.1) is 60.2 Å². The van der Waals surface area contributed by atoms with Crippen molar-refractivity contribution in [2.75, 3.05) is 7.11 Å². The summed E-state index contributed by atoms with van der Waals surface area (Å²) in [6.45, 7) is 14.3. The quantitative estimate of drug-likeness (QED) is 0.310. The number of rotatable bonds is 0. The van der Waals surface area contributed by atoms with Gasteiger partial charge in [0, 0.05) is 13.0 Å². The lowest BCUT2D eigenvalue weighted by molar-refractivity contribution is -0.0522. The lowest BCUT2D eigenvalue weighted by Gasteiger charge is -2.52. The van der Waals surface area contributed by atoms with Crippen LogP contribution in [0.15, 0.2) is 42.5 Å². The topological polar surface area (TPSA) is 40.5 Å². The summed E-state index contributed by atoms with van der Waals surface area (Å²) in [4.78, 5) is 0. The van der Waals surface area contributed by atoms with Crippen molar-refractivity contribution in [3.63, 3.8) is 0 Å². The smallest absolute Gasteiger partial charge is 0.0617 e. The molecule has 3 saturated carbocycles. The number of allylic oxidation sites excluding steroid dienone is 2. The van der Waals surface area contributed by atoms with Gasteiger partial charge in [-0.05, 0) is 152 Å². The molecule has 0 amide bonds. The minimum absolute atomic E-state index is 0. The molecule has 3 fully saturated rings. The number of benzene rings is 2. The molecule has 10 atom stereocenters. The molecule has 0 spiro atoms. The molecule has 6 aliphatic rings. The lowest BCUT2D eigenvalue weighted by Crippen LogP contribution is -2.48. The monoisotopic (exact) mass is 615 g/mol. The summed E-state index contributed by atoms with van der Waals surface area (Å²) in [6.07, 6.45) is 15.6. The predicted molar refractivity (Wildman–Crippen MR) is 194 cm³/mol. The second-order valence-corrected chi connectivity index (χ2v) is 16.1. The minimum atomic E-state index is -0.140. The maximum atomic E-state index is 11.0. The van der Waals surface area contributed by atoms with Crippen LogP contribution in [0.25, 0.3) is 5.57 Å². The van der Waals surface area contributed by atoms with E-state index >= 15 is 0 Å². The molecule has 2 heteroatoms. The van der Waals surface area contributed by atoms with Crippen LogP contribution in [0.4, 0.5) is 0 Å². The number of hydrogen-bond acceptors (Lipinski definition) is 2. The summed E-state index contributed by atoms with van der Waals surface area (Å²) < 4.78 is 0. The van der Waals surface area contributed by atoms with Crippen molar-refractivity contribution in [1.82, 2.24) is 0 Å². The van der Waals surface area contributed by atoms with Crippen LogP contribution in [0.5, 0.6) is 0 Å². The molecular weight excluding hydrogens is 548 g/mol. The Bertz CT molecular complexity index is 1360. The maximum Gasteiger partial charge on any atom is 0.0617 e. The van der Waals surface area contributed by atoms with E-state index in [1.54, 1.807) is 16.7 Å². The van der Waals surface area contributed by atoms with Gasteiger partial charge in [-0.3, -0.25) is 0 Å². The van der Waals surface area contributed by atoms with Crippen molar-refractivity contribution in [1.29, 1.82) is 0 Å². The van der Waals surface area contributed by atoms with Crippen LogP contribution >= 0.6 is 0 Å². The van der Waals surface area contributed by atoms with E-state index in [1.807, 2.05) is 0 Å². The van der Waals surface area contributed by atoms with Crippen molar-refractivity contribution in [2.24, 2.45) is 46.3 Å². The molecule has 0 saturated heterocycles. The van der Waals surface area contributed by atoms with Crippen molar-refractivity contribution < 1.29 is 10.2 Å². The van der Waals surface area contributed by atoms with Gasteiger partial charge in [-0.15, -0.1) is 0 Å². The molecule has 5 unspecified atom stereocenters. The van der Waals surface area contributed by atoms with Crippen LogP contribution in [0.1, 0.15) is 133 Å². The Labute approximate surface area is 277 Å². The number of aryl methyl sites for hydroxylation is 4. The average molecular weight is 615 g/mol. The highest BCUT2D eigenvalue weighted by Gasteiger charge is 2.56. The highest BCUT2D eigenvalue weighted by molar-refractivity contribution is 5.73. The Kier molecular flexibility index (Phi) is 10.9. The fraction of sp³-hybridized carbons (Fsp3) is 0.674. The zero-order valence-electron chi connectivity index (χ0n) is 28.1. The first-order valence-corrected chi connectivity index (χ1v) is 17.6. The first-order valence-electron chi connectivity index (χ1n) is 17.6. The highest BCUT2D eigenvalue weighted by atomic mass is 16.3. The summed E-state index contributed by atoms with van der Waals surface area (Å²) >= 11 is 0. The largest absolute Gasteiger partial charge is 0.400 e. The Morgan fingerprint density at radius 3 is 2.02 bits per heavy atom. The molecule has 2 nitrogen and oxygen atoms in total. The van der Waals surface area contributed by atoms with Gasteiger partial charge in [0.2, 0.25) is 0 Å². The SMILES string of the molecule is C.C.CO.Cc1ccc2c(c1)CCC1C2=CC[C@@]2(C)C1CC[C@@H]2C.Cc1ccc2c(c1)CCC1C2[C@H](O)C[C@@]2(C)C1CC[C@@H]2C. The lowest BCUT2D eigenvalue weighted by atomic mass is 9.53. The second kappa shape index (κ2) is 13.7. The number of aliphatic hydroxyl groups is 2. The van der Waals surface area contributed by atoms with E-state index < -0.39 is 0 Å². The molecule has 2 N–H and O–H groups in total. The molecule has 0 bridgehead atoms. The van der Waals surface area contributed by atoms with E-state index in [0.29, 0.717) is 22.7 Å². The zero-order chi connectivity index (χ0) is 30.7. The third-order valence-corrected chi connectivity index (χ3v) is 14.2. The molecule has 0 aliphatic heterocycles. The molecule has 0 aromatic heterocycles. The molecule has 2 aromatic carbocycles. The number of hydrogen-bond donors (Lipinski definition) is 2. The van der Waals surface area contributed by atoms with Crippen molar-refractivity contribution in [3.8, 4) is 0 Å². The average Bonchev–Trinajstić information content (AvgIpc) is 3.47. The van der Waals surface area contributed by atoms with E-state index in [2.05, 4.69) is 84.0 Å². The van der Waals surface area contributed by atoms with Crippen LogP contribution < -0.4 is 0 Å². The standard InChI is InChI=1S/C20H28O.C20H26.CH4O.2CH4/c1-12-4-7-15-14(10-12)6-8-16-17-9-5-13(2)20(17,3)11-18(21)19(15)16;1-13-4-7-16-15(12-13)6-8-18-17(16)10-11-20(3)14(2)5-9-19(18)20;1-2;;/h4,7,10,13,16-19,21H,5-6,8-9,11H2,1-3H3;4,7,10,12,14,18-19H,5-6,8-9,11H2,1-3H3;2H,1H3;2*1H4/t13-,16?,17?,18+,19?,20+;14-,18?,19?,20+;;;/m00.../s1. The Hall–Kier alpha value is -1.90. The van der Waals surface area contributed by atoms with Gasteiger partial charge in [0.15, 0.2) is 0 Å². The summed E-state index contributed by atoms with van der Waals surface area (Å²) in [5, 5.41) is 18.0. The number of fused-ring (bicyclic) bond motifs is 10. The first-order chi connectivity index (χ1) is 20.6. The first kappa shape index (κ1) is 35.9. The fourth-order valence-electron chi connectivity index (χ4n) is 11.4. The van der Waals surface area contributed by atoms with E-state index in [-0.39, 0.29) is 21.0 Å². The third-order valence-electron chi connectivity index (χ3n) is 14.2. The van der Waals surface area contributed by atoms with Gasteiger partial charge < -0.3 is 10.2 Å². The third kappa shape index (κ3) is 5.90. The van der Waals surface area contributed by atoms with Gasteiger partial charge >= 0.3 is 0 Å². The minimum Gasteiger partial charge on any atom is -0.400 e. The van der Waals surface area contributed by atoms with Crippen LogP contribution in [-0.2, 0) is 12.8 Å². The van der Waals surface area contributed by atoms with Crippen LogP contribution in [-0.4, -0.2) is 23.4 Å². The molecule has 6 aliphatic carbocycles. The predicted octanol–water partition coefficient (Wildman–Crippen LogP) is 10.7. The Morgan fingerprint density at radius 2 is 1.31 bits per heavy atom. The molecule has 8 rings (SSSR count). The zero-order valence-corrected chi connectivity index (χ0v) is 28.1. The maximum absolute atomic E-state index is 11.0. The molecular formula is C43H66O2. The van der Waals surface area contributed by atoms with Crippen LogP contribution in [0.2, 0.25) is 0 Å². The molecule has 0 radical (unpaired) electrons.